The number of carbonyl (C=O) groups excluding carboxylic acids is 1. The molecular weight excluding hydrogens is 157 g/mol. The van der Waals surface area contributed by atoms with Gasteiger partial charge in [0.2, 0.25) is 0 Å². The van der Waals surface area contributed by atoms with E-state index in [1.165, 1.54) is 12.1 Å². The Labute approximate surface area is 70.0 Å². The van der Waals surface area contributed by atoms with Crippen molar-refractivity contribution in [2.75, 3.05) is 0 Å². The van der Waals surface area contributed by atoms with Gasteiger partial charge >= 0.3 is 7.12 Å². The van der Waals surface area contributed by atoms with E-state index in [0.717, 1.165) is 0 Å². The zero-order chi connectivity index (χ0) is 9.14. The van der Waals surface area contributed by atoms with Crippen LogP contribution in [0.1, 0.15) is 16.2 Å². The molecule has 0 radical (unpaired) electrons. The smallest absolute Gasteiger partial charge is 0.423 e. The maximum Gasteiger partial charge on any atom is 0.490 e. The fourth-order valence-corrected chi connectivity index (χ4v) is 0.930. The van der Waals surface area contributed by atoms with Crippen molar-refractivity contribution < 1.29 is 14.8 Å². The van der Waals surface area contributed by atoms with Crippen LogP contribution in [0.3, 0.4) is 0 Å². The zero-order valence-corrected chi connectivity index (χ0v) is 6.56. The molecule has 0 amide bonds. The third kappa shape index (κ3) is 1.69. The molecule has 0 unspecified atom stereocenters. The van der Waals surface area contributed by atoms with E-state index >= 15 is 0 Å². The van der Waals surface area contributed by atoms with Crippen molar-refractivity contribution in [2.45, 2.75) is 6.92 Å². The number of aldehydes is 1. The lowest BCUT2D eigenvalue weighted by molar-refractivity contribution is 0.111. The van der Waals surface area contributed by atoms with E-state index < -0.39 is 7.12 Å². The highest BCUT2D eigenvalue weighted by atomic mass is 16.4. The van der Waals surface area contributed by atoms with Crippen LogP contribution >= 0.6 is 0 Å². The molecule has 62 valence electrons. The maximum atomic E-state index is 10.3. The van der Waals surface area contributed by atoms with E-state index in [-0.39, 0.29) is 5.69 Å². The van der Waals surface area contributed by atoms with Crippen molar-refractivity contribution in [1.29, 1.82) is 0 Å². The molecule has 0 aliphatic rings. The van der Waals surface area contributed by atoms with Gasteiger partial charge in [0.1, 0.15) is 5.69 Å². The Morgan fingerprint density at radius 3 is 2.58 bits per heavy atom. The van der Waals surface area contributed by atoms with Gasteiger partial charge in [-0.1, -0.05) is 6.07 Å². The fourth-order valence-electron chi connectivity index (χ4n) is 0.930. The molecule has 0 saturated carbocycles. The Kier molecular flexibility index (Phi) is 2.57. The van der Waals surface area contributed by atoms with Gasteiger partial charge in [-0.3, -0.25) is 9.78 Å². The van der Waals surface area contributed by atoms with Gasteiger partial charge in [-0.2, -0.15) is 0 Å². The highest BCUT2D eigenvalue weighted by molar-refractivity contribution is 6.59. The zero-order valence-electron chi connectivity index (χ0n) is 6.56. The standard InChI is InChI=1S/C7H8BNO3/c1-5-7(8(11)12)3-2-6(4-10)9-5/h2-4,11-12H,1H3. The molecule has 0 atom stereocenters. The lowest BCUT2D eigenvalue weighted by Gasteiger charge is -2.02. The molecule has 2 N–H and O–H groups in total. The molecule has 1 aromatic heterocycles. The lowest BCUT2D eigenvalue weighted by atomic mass is 9.79. The van der Waals surface area contributed by atoms with E-state index in [4.69, 9.17) is 10.0 Å². The Bertz CT molecular complexity index is 301. The van der Waals surface area contributed by atoms with Gasteiger partial charge in [0.05, 0.1) is 0 Å². The molecule has 1 aromatic rings. The summed E-state index contributed by atoms with van der Waals surface area (Å²) in [7, 11) is -1.53. The van der Waals surface area contributed by atoms with E-state index in [2.05, 4.69) is 4.98 Å². The second-order valence-electron chi connectivity index (χ2n) is 2.40. The summed E-state index contributed by atoms with van der Waals surface area (Å²) < 4.78 is 0. The summed E-state index contributed by atoms with van der Waals surface area (Å²) in [6.07, 6.45) is 0.612. The first kappa shape index (κ1) is 8.90. The Balaban J connectivity index is 3.11. The molecular formula is C7H8BNO3. The summed E-state index contributed by atoms with van der Waals surface area (Å²) in [5, 5.41) is 17.6. The molecule has 0 spiro atoms. The number of aryl methyl sites for hydroxylation is 1. The van der Waals surface area contributed by atoms with E-state index in [0.29, 0.717) is 17.4 Å². The SMILES string of the molecule is Cc1nc(C=O)ccc1B(O)O. The lowest BCUT2D eigenvalue weighted by Crippen LogP contribution is -2.32. The van der Waals surface area contributed by atoms with Gasteiger partial charge in [0, 0.05) is 11.2 Å². The molecule has 1 heterocycles. The molecule has 0 aliphatic carbocycles. The quantitative estimate of drug-likeness (QED) is 0.430. The van der Waals surface area contributed by atoms with Crippen LogP contribution in [0.15, 0.2) is 12.1 Å². The van der Waals surface area contributed by atoms with Crippen LogP contribution in [0.25, 0.3) is 0 Å². The summed E-state index contributed by atoms with van der Waals surface area (Å²) in [5.41, 5.74) is 1.06. The highest BCUT2D eigenvalue weighted by Gasteiger charge is 2.14. The Hall–Kier alpha value is -1.20. The molecule has 0 aliphatic heterocycles. The van der Waals surface area contributed by atoms with Crippen LogP contribution in [0.5, 0.6) is 0 Å². The van der Waals surface area contributed by atoms with E-state index in [9.17, 15) is 4.79 Å². The Morgan fingerprint density at radius 2 is 2.17 bits per heavy atom. The minimum absolute atomic E-state index is 0.289. The molecule has 0 fully saturated rings. The van der Waals surface area contributed by atoms with Crippen molar-refractivity contribution >= 4 is 18.9 Å². The monoisotopic (exact) mass is 165 g/mol. The number of hydrogen-bond donors (Lipinski definition) is 2. The summed E-state index contributed by atoms with van der Waals surface area (Å²) >= 11 is 0. The van der Waals surface area contributed by atoms with Gasteiger partial charge in [0.25, 0.3) is 0 Å². The van der Waals surface area contributed by atoms with E-state index in [1.807, 2.05) is 0 Å². The van der Waals surface area contributed by atoms with Crippen LogP contribution in [-0.4, -0.2) is 28.4 Å². The average molecular weight is 165 g/mol. The maximum absolute atomic E-state index is 10.3. The van der Waals surface area contributed by atoms with Crippen LogP contribution in [0.2, 0.25) is 0 Å². The third-order valence-electron chi connectivity index (χ3n) is 1.55. The van der Waals surface area contributed by atoms with Crippen LogP contribution in [0.4, 0.5) is 0 Å². The van der Waals surface area contributed by atoms with Gasteiger partial charge in [0.15, 0.2) is 6.29 Å². The first-order valence-corrected chi connectivity index (χ1v) is 3.44. The molecule has 4 nitrogen and oxygen atoms in total. The van der Waals surface area contributed by atoms with Crippen molar-refractivity contribution in [2.24, 2.45) is 0 Å². The number of aromatic nitrogens is 1. The largest absolute Gasteiger partial charge is 0.490 e. The molecule has 5 heteroatoms. The van der Waals surface area contributed by atoms with Crippen molar-refractivity contribution in [3.8, 4) is 0 Å². The number of carbonyl (C=O) groups is 1. The van der Waals surface area contributed by atoms with Crippen molar-refractivity contribution in [1.82, 2.24) is 4.98 Å². The van der Waals surface area contributed by atoms with Gasteiger partial charge in [-0.05, 0) is 13.0 Å². The predicted octanol–water partition coefficient (Wildman–Crippen LogP) is -1.12. The minimum Gasteiger partial charge on any atom is -0.423 e. The van der Waals surface area contributed by atoms with E-state index in [1.54, 1.807) is 6.92 Å². The number of hydrogen-bond acceptors (Lipinski definition) is 4. The minimum atomic E-state index is -1.53. The summed E-state index contributed by atoms with van der Waals surface area (Å²) in [6.45, 7) is 1.61. The summed E-state index contributed by atoms with van der Waals surface area (Å²) in [5.74, 6) is 0. The summed E-state index contributed by atoms with van der Waals surface area (Å²) in [4.78, 5) is 14.1. The van der Waals surface area contributed by atoms with Gasteiger partial charge in [-0.25, -0.2) is 0 Å². The predicted molar refractivity (Wildman–Crippen MR) is 44.2 cm³/mol. The van der Waals surface area contributed by atoms with Crippen molar-refractivity contribution in [3.05, 3.63) is 23.5 Å². The Morgan fingerprint density at radius 1 is 1.50 bits per heavy atom. The molecule has 1 rings (SSSR count). The number of rotatable bonds is 2. The van der Waals surface area contributed by atoms with Crippen molar-refractivity contribution in [3.63, 3.8) is 0 Å². The topological polar surface area (TPSA) is 70.4 Å². The molecule has 12 heavy (non-hydrogen) atoms. The first-order chi connectivity index (χ1) is 5.65. The van der Waals surface area contributed by atoms with Crippen LogP contribution < -0.4 is 5.46 Å². The molecule has 0 aromatic carbocycles. The van der Waals surface area contributed by atoms with Crippen LogP contribution in [-0.2, 0) is 0 Å². The normalized spacial score (nSPS) is 9.58. The molecule has 0 saturated heterocycles. The second-order valence-corrected chi connectivity index (χ2v) is 2.40. The summed E-state index contributed by atoms with van der Waals surface area (Å²) in [6, 6.07) is 2.91. The second kappa shape index (κ2) is 3.47. The van der Waals surface area contributed by atoms with Gasteiger partial charge in [-0.15, -0.1) is 0 Å². The number of nitrogens with zero attached hydrogens (tertiary/aromatic N) is 1. The fraction of sp³-hybridized carbons (Fsp3) is 0.143. The third-order valence-corrected chi connectivity index (χ3v) is 1.55. The van der Waals surface area contributed by atoms with Gasteiger partial charge < -0.3 is 10.0 Å². The molecule has 0 bridgehead atoms. The highest BCUT2D eigenvalue weighted by Crippen LogP contribution is 1.93. The number of pyridine rings is 1. The average Bonchev–Trinajstić information content (AvgIpc) is 2.03. The van der Waals surface area contributed by atoms with Crippen LogP contribution in [0, 0.1) is 6.92 Å². The first-order valence-electron chi connectivity index (χ1n) is 3.44.